The number of benzene rings is 17. The van der Waals surface area contributed by atoms with Gasteiger partial charge in [0.2, 0.25) is 5.95 Å². The van der Waals surface area contributed by atoms with E-state index in [9.17, 15) is 14.4 Å². The van der Waals surface area contributed by atoms with Crippen LogP contribution in [0.5, 0.6) is 0 Å². The van der Waals surface area contributed by atoms with Crippen molar-refractivity contribution in [2.24, 2.45) is 0 Å². The lowest BCUT2D eigenvalue weighted by atomic mass is 9.99. The van der Waals surface area contributed by atoms with Crippen molar-refractivity contribution in [3.8, 4) is 34.6 Å². The molecule has 0 atom stereocenters. The van der Waals surface area contributed by atoms with Crippen LogP contribution in [0.15, 0.2) is 421 Å². The van der Waals surface area contributed by atoms with Gasteiger partial charge in [-0.25, -0.2) is 15.0 Å². The molecule has 0 radical (unpaired) electrons. The first-order valence-electron chi connectivity index (χ1n) is 44.8. The normalized spacial score (nSPS) is 12.1. The highest BCUT2D eigenvalue weighted by molar-refractivity contribution is 7.28. The van der Waals surface area contributed by atoms with Crippen molar-refractivity contribution in [3.63, 3.8) is 0 Å². The number of fused-ring (bicyclic) bond motifs is 39. The molecule has 0 bridgehead atoms. The molecule has 0 saturated heterocycles. The molecular formula is C118H67N11O3S3. The third-order valence-electron chi connectivity index (χ3n) is 27.1. The number of para-hydroxylation sites is 6. The molecule has 14 nitrogen and oxygen atoms in total. The highest BCUT2D eigenvalue weighted by Crippen LogP contribution is 2.53. The molecule has 0 fully saturated rings. The Kier molecular flexibility index (Phi) is 16.8. The third kappa shape index (κ3) is 11.2. The fourth-order valence-corrected chi connectivity index (χ4v) is 25.2. The second kappa shape index (κ2) is 29.8. The maximum Gasteiger partial charge on any atom is 0.265 e. The standard InChI is InChI=1S/C40H23N3OS.2C39H22N4OS/c44-40-28-17-7-6-16-27(28)37-32(42(40)24-12-2-1-3-13-24)22-23-34(41-37)43-31-20-10-8-18-29(31)35-25-14-4-5-15-26(25)36-30-19-9-11-21-33(30)45-39(36)38(35)43;44-38-27-17-7-4-14-24(27)30-22-40-39(41-37(30)42(38)23-12-2-1-3-13-23)43-31-20-10-8-18-28(31)33-25-15-5-6-16-26(25)34-29-19-9-11-21-32(29)45-36(34)35(33)43;44-39-28-17-10-22-40-35(28)36-30(42(39)23-11-2-1-3-12-23)20-21-32(41-36)43-29-18-8-6-15-26(29)33-24-13-4-5-14-25(24)34-27-16-7-9-19-31(27)45-38(34)37(33)43/h1-23H;2*1-22H. The summed E-state index contributed by atoms with van der Waals surface area (Å²) in [7, 11) is 0. The summed E-state index contributed by atoms with van der Waals surface area (Å²) in [6, 6.07) is 135. The maximum absolute atomic E-state index is 14.1. The Labute approximate surface area is 776 Å². The van der Waals surface area contributed by atoms with Crippen molar-refractivity contribution >= 4 is 258 Å². The first kappa shape index (κ1) is 76.4. The molecule has 135 heavy (non-hydrogen) atoms. The summed E-state index contributed by atoms with van der Waals surface area (Å²) in [4.78, 5) is 67.6. The van der Waals surface area contributed by atoms with E-state index in [-0.39, 0.29) is 16.7 Å². The Balaban J connectivity index is 0.000000101. The van der Waals surface area contributed by atoms with E-state index in [2.05, 4.69) is 249 Å². The molecule has 30 rings (SSSR count). The Morgan fingerprint density at radius 3 is 0.970 bits per heavy atom. The molecule has 17 aromatic carbocycles. The predicted molar refractivity (Wildman–Crippen MR) is 564 cm³/mol. The summed E-state index contributed by atoms with van der Waals surface area (Å²) in [5, 5.41) is 26.5. The van der Waals surface area contributed by atoms with E-state index in [0.29, 0.717) is 38.8 Å². The fraction of sp³-hybridized carbons (Fsp3) is 0. The summed E-state index contributed by atoms with van der Waals surface area (Å²) in [6.45, 7) is 0. The van der Waals surface area contributed by atoms with E-state index < -0.39 is 0 Å². The zero-order valence-corrected chi connectivity index (χ0v) is 74.0. The van der Waals surface area contributed by atoms with E-state index in [1.807, 2.05) is 193 Å². The summed E-state index contributed by atoms with van der Waals surface area (Å²) < 4.78 is 19.6. The monoisotopic (exact) mass is 1780 g/mol. The van der Waals surface area contributed by atoms with Gasteiger partial charge in [-0.2, -0.15) is 4.98 Å². The van der Waals surface area contributed by atoms with Crippen LogP contribution in [0.25, 0.3) is 258 Å². The molecule has 0 saturated carbocycles. The molecule has 0 N–H and O–H groups in total. The zero-order chi connectivity index (χ0) is 88.9. The van der Waals surface area contributed by atoms with Crippen LogP contribution < -0.4 is 16.7 Å². The van der Waals surface area contributed by atoms with Gasteiger partial charge in [-0.1, -0.05) is 273 Å². The average molecular weight is 1780 g/mol. The molecule has 0 unspecified atom stereocenters. The van der Waals surface area contributed by atoms with Crippen molar-refractivity contribution in [1.82, 2.24) is 52.3 Å². The van der Waals surface area contributed by atoms with Crippen molar-refractivity contribution in [1.29, 1.82) is 0 Å². The van der Waals surface area contributed by atoms with E-state index >= 15 is 0 Å². The fourth-order valence-electron chi connectivity index (χ4n) is 21.5. The van der Waals surface area contributed by atoms with Crippen molar-refractivity contribution in [2.75, 3.05) is 0 Å². The Bertz CT molecular complexity index is 10200. The molecule has 0 aliphatic carbocycles. The molecule has 0 aliphatic heterocycles. The molecule has 0 spiro atoms. The van der Waals surface area contributed by atoms with Crippen LogP contribution in [-0.4, -0.2) is 52.3 Å². The summed E-state index contributed by atoms with van der Waals surface area (Å²) in [5.74, 6) is 2.14. The average Bonchev–Trinajstić information content (AvgIpc) is 1.53. The van der Waals surface area contributed by atoms with E-state index in [1.54, 1.807) is 31.2 Å². The van der Waals surface area contributed by atoms with Gasteiger partial charge in [-0.05, 0) is 159 Å². The topological polar surface area (TPSA) is 145 Å². The molecule has 630 valence electrons. The second-order valence-electron chi connectivity index (χ2n) is 34.2. The zero-order valence-electron chi connectivity index (χ0n) is 71.6. The number of nitrogens with zero attached hydrogens (tertiary/aromatic N) is 11. The van der Waals surface area contributed by atoms with Gasteiger partial charge in [0.15, 0.2) is 5.65 Å². The van der Waals surface area contributed by atoms with Crippen molar-refractivity contribution < 1.29 is 0 Å². The smallest absolute Gasteiger partial charge is 0.265 e. The lowest BCUT2D eigenvalue weighted by molar-refractivity contribution is 0.966. The Morgan fingerprint density at radius 1 is 0.200 bits per heavy atom. The molecular weight excluding hydrogens is 1720 g/mol. The van der Waals surface area contributed by atoms with Gasteiger partial charge in [0.25, 0.3) is 16.7 Å². The number of aromatic nitrogens is 11. The maximum atomic E-state index is 14.1. The lowest BCUT2D eigenvalue weighted by Gasteiger charge is -2.15. The number of hydrogen-bond donors (Lipinski definition) is 0. The largest absolute Gasteiger partial charge is 0.292 e. The van der Waals surface area contributed by atoms with E-state index in [1.165, 1.54) is 125 Å². The van der Waals surface area contributed by atoms with Gasteiger partial charge < -0.3 is 0 Å². The van der Waals surface area contributed by atoms with Crippen molar-refractivity contribution in [3.05, 3.63) is 438 Å². The van der Waals surface area contributed by atoms with Crippen LogP contribution in [-0.2, 0) is 0 Å². The predicted octanol–water partition coefficient (Wildman–Crippen LogP) is 29.3. The minimum Gasteiger partial charge on any atom is -0.292 e. The third-order valence-corrected chi connectivity index (χ3v) is 30.6. The minimum absolute atomic E-state index is 0.0471. The SMILES string of the molecule is O=c1c2ccccc2c2cnc(-n3c4ccccc4c4c5ccccc5c5c6ccccc6sc5c43)nc2n1-c1ccccc1.O=c1c2ccccc2c2nc(-n3c4ccccc4c4c5ccccc5c5c6ccccc6sc5c43)ccc2n1-c1ccccc1.O=c1c2cccnc2c2nc(-n3c4ccccc4c4c5ccccc5c5c6ccccc6sc5c43)ccc2n1-c1ccccc1. The highest BCUT2D eigenvalue weighted by Gasteiger charge is 2.30. The van der Waals surface area contributed by atoms with Crippen LogP contribution in [0, 0.1) is 0 Å². The molecule has 13 aromatic heterocycles. The Hall–Kier alpha value is -17.5. The van der Waals surface area contributed by atoms with E-state index in [0.717, 1.165) is 94.4 Å². The summed E-state index contributed by atoms with van der Waals surface area (Å²) >= 11 is 5.48. The molecule has 30 aromatic rings. The number of hydrogen-bond acceptors (Lipinski definition) is 11. The molecule has 17 heteroatoms. The Morgan fingerprint density at radius 2 is 0.519 bits per heavy atom. The highest BCUT2D eigenvalue weighted by atomic mass is 32.1. The van der Waals surface area contributed by atoms with Gasteiger partial charge in [0.05, 0.1) is 74.8 Å². The molecule has 13 heterocycles. The number of thiophene rings is 3. The van der Waals surface area contributed by atoms with Gasteiger partial charge in [-0.15, -0.1) is 34.0 Å². The van der Waals surface area contributed by atoms with Crippen LogP contribution in [0.4, 0.5) is 0 Å². The van der Waals surface area contributed by atoms with E-state index in [4.69, 9.17) is 19.9 Å². The van der Waals surface area contributed by atoms with Gasteiger partial charge in [0.1, 0.15) is 22.7 Å². The van der Waals surface area contributed by atoms with Gasteiger partial charge in [0, 0.05) is 124 Å². The molecule has 0 amide bonds. The lowest BCUT2D eigenvalue weighted by Crippen LogP contribution is -2.20. The van der Waals surface area contributed by atoms with Crippen LogP contribution >= 0.6 is 34.0 Å². The summed E-state index contributed by atoms with van der Waals surface area (Å²) in [5.41, 5.74) is 12.9. The first-order chi connectivity index (χ1) is 66.8. The van der Waals surface area contributed by atoms with Crippen molar-refractivity contribution in [2.45, 2.75) is 0 Å². The number of rotatable bonds is 6. The van der Waals surface area contributed by atoms with Crippen LogP contribution in [0.2, 0.25) is 0 Å². The molecule has 0 aliphatic rings. The quantitative estimate of drug-likeness (QED) is 0.150. The van der Waals surface area contributed by atoms with Crippen LogP contribution in [0.3, 0.4) is 0 Å². The minimum atomic E-state index is -0.110. The van der Waals surface area contributed by atoms with Gasteiger partial charge >= 0.3 is 0 Å². The number of pyridine rings is 6. The van der Waals surface area contributed by atoms with Crippen LogP contribution in [0.1, 0.15) is 0 Å². The second-order valence-corrected chi connectivity index (χ2v) is 37.3. The first-order valence-corrected chi connectivity index (χ1v) is 47.3. The van der Waals surface area contributed by atoms with Gasteiger partial charge in [-0.3, -0.25) is 46.8 Å². The summed E-state index contributed by atoms with van der Waals surface area (Å²) in [6.07, 6.45) is 3.61.